The summed E-state index contributed by atoms with van der Waals surface area (Å²) in [5.41, 5.74) is 6.30. The number of sulfonamides is 1. The smallest absolute Gasteiger partial charge is 0.276 e. The molecule has 2 rings (SSSR count). The van der Waals surface area contributed by atoms with Gasteiger partial charge in [-0.15, -0.1) is 0 Å². The van der Waals surface area contributed by atoms with Gasteiger partial charge in [0.15, 0.2) is 6.61 Å². The zero-order valence-electron chi connectivity index (χ0n) is 17.2. The third-order valence-corrected chi connectivity index (χ3v) is 5.17. The van der Waals surface area contributed by atoms with Gasteiger partial charge in [-0.2, -0.15) is 0 Å². The van der Waals surface area contributed by atoms with Gasteiger partial charge in [-0.1, -0.05) is 68.8 Å². The van der Waals surface area contributed by atoms with Crippen molar-refractivity contribution in [3.05, 3.63) is 54.6 Å². The Morgan fingerprint density at radius 3 is 2.27 bits per heavy atom. The fourth-order valence-electron chi connectivity index (χ4n) is 2.73. The predicted octanol–water partition coefficient (Wildman–Crippen LogP) is 1.84. The van der Waals surface area contributed by atoms with Crippen LogP contribution < -0.4 is 20.3 Å². The number of ether oxygens (including phenoxy) is 1. The van der Waals surface area contributed by atoms with Crippen molar-refractivity contribution in [2.75, 3.05) is 12.9 Å². The van der Waals surface area contributed by atoms with Crippen molar-refractivity contribution in [2.45, 2.75) is 26.3 Å². The molecule has 0 aromatic heterocycles. The molecule has 2 aromatic rings. The molecule has 9 heteroatoms. The van der Waals surface area contributed by atoms with E-state index in [0.717, 1.165) is 17.4 Å². The van der Waals surface area contributed by atoms with Crippen LogP contribution in [0.2, 0.25) is 0 Å². The van der Waals surface area contributed by atoms with E-state index in [0.29, 0.717) is 12.2 Å². The number of amides is 2. The molecule has 0 bridgehead atoms. The highest BCUT2D eigenvalue weighted by Crippen LogP contribution is 2.29. The van der Waals surface area contributed by atoms with E-state index >= 15 is 0 Å². The summed E-state index contributed by atoms with van der Waals surface area (Å²) in [6, 6.07) is 15.9. The lowest BCUT2D eigenvalue weighted by atomic mass is 10.00. The first-order valence-electron chi connectivity index (χ1n) is 9.54. The quantitative estimate of drug-likeness (QED) is 0.522. The first-order chi connectivity index (χ1) is 14.2. The average molecular weight is 434 g/mol. The fourth-order valence-corrected chi connectivity index (χ4v) is 3.53. The van der Waals surface area contributed by atoms with Crippen molar-refractivity contribution in [2.24, 2.45) is 5.92 Å². The standard InChI is InChI=1S/C21H27N3O5S/c1-4-15(2)20(24-30(3,27)28)21(26)23-22-19(25)14-29-18-13-9-8-12-17(18)16-10-6-5-7-11-16/h5-13,15,20,24H,4,14H2,1-3H3,(H,22,25)(H,23,26)/t15-,20-/m0/s1. The van der Waals surface area contributed by atoms with Gasteiger partial charge in [0.1, 0.15) is 11.8 Å². The molecule has 2 aromatic carbocycles. The second kappa shape index (κ2) is 10.7. The van der Waals surface area contributed by atoms with Crippen LogP contribution in [0.15, 0.2) is 54.6 Å². The molecule has 0 aliphatic rings. The molecule has 2 atom stereocenters. The van der Waals surface area contributed by atoms with E-state index in [1.165, 1.54) is 0 Å². The Kier molecular flexibility index (Phi) is 8.37. The van der Waals surface area contributed by atoms with Gasteiger partial charge < -0.3 is 4.74 Å². The van der Waals surface area contributed by atoms with Crippen LogP contribution in [0.5, 0.6) is 5.75 Å². The molecule has 0 heterocycles. The first-order valence-corrected chi connectivity index (χ1v) is 11.4. The van der Waals surface area contributed by atoms with Crippen LogP contribution in [0.25, 0.3) is 11.1 Å². The number of benzene rings is 2. The molecule has 162 valence electrons. The molecule has 0 aliphatic carbocycles. The molecule has 8 nitrogen and oxygen atoms in total. The van der Waals surface area contributed by atoms with E-state index in [9.17, 15) is 18.0 Å². The lowest BCUT2D eigenvalue weighted by Gasteiger charge is -2.22. The number of rotatable bonds is 9. The number of nitrogens with one attached hydrogen (secondary N) is 3. The molecule has 0 aliphatic heterocycles. The highest BCUT2D eigenvalue weighted by Gasteiger charge is 2.27. The molecule has 0 unspecified atom stereocenters. The third kappa shape index (κ3) is 7.16. The van der Waals surface area contributed by atoms with Crippen LogP contribution >= 0.6 is 0 Å². The minimum atomic E-state index is -3.59. The number of hydrazine groups is 1. The maximum atomic E-state index is 12.3. The second-order valence-electron chi connectivity index (χ2n) is 6.94. The zero-order valence-corrected chi connectivity index (χ0v) is 18.0. The van der Waals surface area contributed by atoms with Gasteiger partial charge in [-0.3, -0.25) is 20.4 Å². The summed E-state index contributed by atoms with van der Waals surface area (Å²) < 4.78 is 30.9. The normalized spacial score (nSPS) is 13.2. The van der Waals surface area contributed by atoms with Gasteiger partial charge in [0.25, 0.3) is 11.8 Å². The van der Waals surface area contributed by atoms with Gasteiger partial charge >= 0.3 is 0 Å². The highest BCUT2D eigenvalue weighted by atomic mass is 32.2. The molecule has 0 saturated carbocycles. The van der Waals surface area contributed by atoms with E-state index in [4.69, 9.17) is 4.74 Å². The van der Waals surface area contributed by atoms with Crippen molar-refractivity contribution in [1.82, 2.24) is 15.6 Å². The average Bonchev–Trinajstić information content (AvgIpc) is 2.74. The molecule has 2 amide bonds. The van der Waals surface area contributed by atoms with E-state index in [1.54, 1.807) is 19.1 Å². The monoisotopic (exact) mass is 433 g/mol. The molecular weight excluding hydrogens is 406 g/mol. The Hall–Kier alpha value is -2.91. The number of carbonyl (C=O) groups is 2. The van der Waals surface area contributed by atoms with Crippen molar-refractivity contribution >= 4 is 21.8 Å². The van der Waals surface area contributed by atoms with Gasteiger partial charge in [-0.05, 0) is 17.5 Å². The number of hydrogen-bond donors (Lipinski definition) is 3. The second-order valence-corrected chi connectivity index (χ2v) is 8.72. The summed E-state index contributed by atoms with van der Waals surface area (Å²) in [5.74, 6) is -0.951. The summed E-state index contributed by atoms with van der Waals surface area (Å²) in [6.45, 7) is 3.26. The van der Waals surface area contributed by atoms with Crippen molar-refractivity contribution in [3.8, 4) is 16.9 Å². The zero-order chi connectivity index (χ0) is 22.1. The summed E-state index contributed by atoms with van der Waals surface area (Å²) in [7, 11) is -3.59. The lowest BCUT2D eigenvalue weighted by Crippen LogP contribution is -2.55. The number of para-hydroxylation sites is 1. The maximum absolute atomic E-state index is 12.3. The van der Waals surface area contributed by atoms with Crippen LogP contribution in [0, 0.1) is 5.92 Å². The summed E-state index contributed by atoms with van der Waals surface area (Å²) in [4.78, 5) is 24.5. The Morgan fingerprint density at radius 2 is 1.63 bits per heavy atom. The van der Waals surface area contributed by atoms with E-state index < -0.39 is 27.9 Å². The predicted molar refractivity (Wildman–Crippen MR) is 115 cm³/mol. The van der Waals surface area contributed by atoms with Crippen LogP contribution in [0.1, 0.15) is 20.3 Å². The summed E-state index contributed by atoms with van der Waals surface area (Å²) in [5, 5.41) is 0. The van der Waals surface area contributed by atoms with Crippen LogP contribution in [0.4, 0.5) is 0 Å². The van der Waals surface area contributed by atoms with Gasteiger partial charge in [0.05, 0.1) is 6.26 Å². The Balaban J connectivity index is 1.95. The summed E-state index contributed by atoms with van der Waals surface area (Å²) >= 11 is 0. The molecule has 0 radical (unpaired) electrons. The van der Waals surface area contributed by atoms with Crippen LogP contribution in [-0.4, -0.2) is 39.1 Å². The fraction of sp³-hybridized carbons (Fsp3) is 0.333. The first kappa shape index (κ1) is 23.4. The van der Waals surface area contributed by atoms with Crippen LogP contribution in [0.3, 0.4) is 0 Å². The summed E-state index contributed by atoms with van der Waals surface area (Å²) in [6.07, 6.45) is 1.56. The van der Waals surface area contributed by atoms with Gasteiger partial charge in [-0.25, -0.2) is 13.1 Å². The van der Waals surface area contributed by atoms with Crippen LogP contribution in [-0.2, 0) is 19.6 Å². The molecule has 30 heavy (non-hydrogen) atoms. The topological polar surface area (TPSA) is 114 Å². The molecule has 0 spiro atoms. The van der Waals surface area contributed by atoms with Gasteiger partial charge in [0, 0.05) is 5.56 Å². The molecule has 0 saturated heterocycles. The number of hydrogen-bond acceptors (Lipinski definition) is 5. The van der Waals surface area contributed by atoms with Gasteiger partial charge in [0.2, 0.25) is 10.0 Å². The molecule has 0 fully saturated rings. The maximum Gasteiger partial charge on any atom is 0.276 e. The Bertz CT molecular complexity index is 964. The molecule has 3 N–H and O–H groups in total. The SMILES string of the molecule is CC[C@H](C)[C@H](NS(C)(=O)=O)C(=O)NNC(=O)COc1ccccc1-c1ccccc1. The van der Waals surface area contributed by atoms with Crippen molar-refractivity contribution < 1.29 is 22.7 Å². The third-order valence-electron chi connectivity index (χ3n) is 4.49. The van der Waals surface area contributed by atoms with Crippen molar-refractivity contribution in [3.63, 3.8) is 0 Å². The van der Waals surface area contributed by atoms with E-state index in [1.807, 2.05) is 49.4 Å². The number of carbonyl (C=O) groups excluding carboxylic acids is 2. The highest BCUT2D eigenvalue weighted by molar-refractivity contribution is 7.88. The van der Waals surface area contributed by atoms with E-state index in [-0.39, 0.29) is 12.5 Å². The molecular formula is C21H27N3O5S. The Morgan fingerprint density at radius 1 is 1.00 bits per heavy atom. The van der Waals surface area contributed by atoms with Crippen molar-refractivity contribution in [1.29, 1.82) is 0 Å². The van der Waals surface area contributed by atoms with E-state index in [2.05, 4.69) is 15.6 Å². The minimum absolute atomic E-state index is 0.259. The Labute approximate surface area is 177 Å². The minimum Gasteiger partial charge on any atom is -0.483 e. The largest absolute Gasteiger partial charge is 0.483 e. The lowest BCUT2D eigenvalue weighted by molar-refractivity contribution is -0.131.